The molecule has 0 aliphatic rings. The van der Waals surface area contributed by atoms with Gasteiger partial charge in [-0.1, -0.05) is 24.3 Å². The van der Waals surface area contributed by atoms with Crippen LogP contribution in [0.25, 0.3) is 33.5 Å². The molecule has 0 atom stereocenters. The maximum atomic E-state index is 4.68. The summed E-state index contributed by atoms with van der Waals surface area (Å²) in [7, 11) is 0. The largest absolute Gasteiger partial charge is 0.337 e. The Morgan fingerprint density at radius 3 is 2.84 bits per heavy atom. The first kappa shape index (κ1) is 13.8. The molecular formula is C18H13N7. The van der Waals surface area contributed by atoms with E-state index < -0.39 is 0 Å². The molecule has 3 heterocycles. The first-order valence-electron chi connectivity index (χ1n) is 7.92. The second-order valence-electron chi connectivity index (χ2n) is 5.84. The number of aromatic nitrogens is 7. The predicted octanol–water partition coefficient (Wildman–Crippen LogP) is 2.88. The van der Waals surface area contributed by atoms with Gasteiger partial charge < -0.3 is 4.98 Å². The van der Waals surface area contributed by atoms with Crippen LogP contribution in [0.15, 0.2) is 54.7 Å². The van der Waals surface area contributed by atoms with Crippen LogP contribution in [0.5, 0.6) is 0 Å². The highest BCUT2D eigenvalue weighted by Crippen LogP contribution is 2.26. The molecule has 0 saturated carbocycles. The number of hydrogen-bond donors (Lipinski definition) is 2. The van der Waals surface area contributed by atoms with Crippen LogP contribution < -0.4 is 0 Å². The standard InChI is InChI=1S/C18H13N7/c1-2-4-14-13(3-1)17(24-23-14)18-20-15-6-5-11(10-16(15)21-18)9-12-7-8-19-25-22-12/h1-8,10H,9H2,(H,20,21)(H,23,24). The van der Waals surface area contributed by atoms with E-state index >= 15 is 0 Å². The number of H-pyrrole nitrogens is 2. The number of nitrogens with zero attached hydrogens (tertiary/aromatic N) is 5. The summed E-state index contributed by atoms with van der Waals surface area (Å²) >= 11 is 0. The molecule has 0 saturated heterocycles. The average Bonchev–Trinajstić information content (AvgIpc) is 3.26. The predicted molar refractivity (Wildman–Crippen MR) is 93.8 cm³/mol. The van der Waals surface area contributed by atoms with Gasteiger partial charge in [0.1, 0.15) is 5.69 Å². The van der Waals surface area contributed by atoms with Crippen LogP contribution in [-0.4, -0.2) is 35.6 Å². The van der Waals surface area contributed by atoms with Gasteiger partial charge in [0.15, 0.2) is 5.82 Å². The third-order valence-electron chi connectivity index (χ3n) is 4.18. The Morgan fingerprint density at radius 1 is 0.960 bits per heavy atom. The highest BCUT2D eigenvalue weighted by molar-refractivity contribution is 5.93. The second kappa shape index (κ2) is 5.48. The molecule has 25 heavy (non-hydrogen) atoms. The van der Waals surface area contributed by atoms with Gasteiger partial charge >= 0.3 is 0 Å². The Bertz CT molecular complexity index is 1170. The molecule has 0 aliphatic carbocycles. The fourth-order valence-corrected chi connectivity index (χ4v) is 2.99. The molecule has 120 valence electrons. The summed E-state index contributed by atoms with van der Waals surface area (Å²) < 4.78 is 0. The van der Waals surface area contributed by atoms with E-state index in [9.17, 15) is 0 Å². The smallest absolute Gasteiger partial charge is 0.159 e. The van der Waals surface area contributed by atoms with Gasteiger partial charge in [-0.15, -0.1) is 10.2 Å². The topological polar surface area (TPSA) is 96.0 Å². The van der Waals surface area contributed by atoms with Crippen molar-refractivity contribution in [3.63, 3.8) is 0 Å². The van der Waals surface area contributed by atoms with E-state index in [0.29, 0.717) is 6.42 Å². The third kappa shape index (κ3) is 2.42. The van der Waals surface area contributed by atoms with Crippen LogP contribution in [0.4, 0.5) is 0 Å². The van der Waals surface area contributed by atoms with Crippen molar-refractivity contribution in [2.45, 2.75) is 6.42 Å². The Morgan fingerprint density at radius 2 is 1.92 bits per heavy atom. The zero-order chi connectivity index (χ0) is 16.6. The number of hydrogen-bond acceptors (Lipinski definition) is 5. The average molecular weight is 327 g/mol. The quantitative estimate of drug-likeness (QED) is 0.531. The molecule has 7 nitrogen and oxygen atoms in total. The molecule has 0 fully saturated rings. The van der Waals surface area contributed by atoms with E-state index in [1.807, 2.05) is 36.4 Å². The van der Waals surface area contributed by atoms with Gasteiger partial charge in [0, 0.05) is 11.8 Å². The van der Waals surface area contributed by atoms with E-state index in [1.54, 1.807) is 6.20 Å². The molecule has 0 radical (unpaired) electrons. The van der Waals surface area contributed by atoms with Gasteiger partial charge in [0.05, 0.1) is 28.4 Å². The number of para-hydroxylation sites is 1. The monoisotopic (exact) mass is 327 g/mol. The summed E-state index contributed by atoms with van der Waals surface area (Å²) in [5.41, 5.74) is 5.72. The zero-order valence-corrected chi connectivity index (χ0v) is 13.1. The molecule has 0 bridgehead atoms. The maximum absolute atomic E-state index is 4.68. The van der Waals surface area contributed by atoms with Crippen LogP contribution in [-0.2, 0) is 6.42 Å². The molecule has 5 rings (SSSR count). The van der Waals surface area contributed by atoms with Gasteiger partial charge in [-0.3, -0.25) is 5.10 Å². The summed E-state index contributed by atoms with van der Waals surface area (Å²) in [5, 5.41) is 19.9. The van der Waals surface area contributed by atoms with Gasteiger partial charge in [-0.05, 0) is 35.0 Å². The van der Waals surface area contributed by atoms with Crippen LogP contribution in [0.2, 0.25) is 0 Å². The van der Waals surface area contributed by atoms with Gasteiger partial charge in [0.2, 0.25) is 0 Å². The fourth-order valence-electron chi connectivity index (χ4n) is 2.99. The lowest BCUT2D eigenvalue weighted by Gasteiger charge is -1.99. The molecule has 7 heteroatoms. The summed E-state index contributed by atoms with van der Waals surface area (Å²) in [6.07, 6.45) is 2.35. The van der Waals surface area contributed by atoms with Crippen molar-refractivity contribution in [1.82, 2.24) is 35.6 Å². The summed E-state index contributed by atoms with van der Waals surface area (Å²) in [4.78, 5) is 8.05. The first-order chi connectivity index (χ1) is 12.4. The number of aromatic amines is 2. The van der Waals surface area contributed by atoms with Crippen molar-refractivity contribution in [3.05, 3.63) is 66.0 Å². The minimum absolute atomic E-state index is 0.700. The molecular weight excluding hydrogens is 314 g/mol. The molecule has 2 N–H and O–H groups in total. The second-order valence-corrected chi connectivity index (χ2v) is 5.84. The van der Waals surface area contributed by atoms with Crippen LogP contribution in [0, 0.1) is 0 Å². The van der Waals surface area contributed by atoms with Crippen molar-refractivity contribution in [2.75, 3.05) is 0 Å². The number of benzene rings is 2. The lowest BCUT2D eigenvalue weighted by molar-refractivity contribution is 0.821. The van der Waals surface area contributed by atoms with Gasteiger partial charge in [-0.25, -0.2) is 4.98 Å². The van der Waals surface area contributed by atoms with E-state index in [1.165, 1.54) is 0 Å². The van der Waals surface area contributed by atoms with E-state index in [2.05, 4.69) is 47.7 Å². The highest BCUT2D eigenvalue weighted by atomic mass is 15.3. The Balaban J connectivity index is 1.55. The fraction of sp³-hybridized carbons (Fsp3) is 0.0556. The number of nitrogens with one attached hydrogen (secondary N) is 2. The van der Waals surface area contributed by atoms with Gasteiger partial charge in [0.25, 0.3) is 0 Å². The minimum Gasteiger partial charge on any atom is -0.337 e. The Hall–Kier alpha value is -3.61. The highest BCUT2D eigenvalue weighted by Gasteiger charge is 2.12. The molecule has 0 spiro atoms. The number of imidazole rings is 1. The molecule has 5 aromatic rings. The maximum Gasteiger partial charge on any atom is 0.159 e. The minimum atomic E-state index is 0.700. The number of fused-ring (bicyclic) bond motifs is 2. The summed E-state index contributed by atoms with van der Waals surface area (Å²) in [5.74, 6) is 0.758. The third-order valence-corrected chi connectivity index (χ3v) is 4.18. The summed E-state index contributed by atoms with van der Waals surface area (Å²) in [6.45, 7) is 0. The first-order valence-corrected chi connectivity index (χ1v) is 7.92. The molecule has 3 aromatic heterocycles. The molecule has 0 amide bonds. The Labute approximate surface area is 142 Å². The normalized spacial score (nSPS) is 11.4. The lowest BCUT2D eigenvalue weighted by Crippen LogP contribution is -1.95. The molecule has 2 aromatic carbocycles. The van der Waals surface area contributed by atoms with E-state index in [0.717, 1.165) is 44.7 Å². The zero-order valence-electron chi connectivity index (χ0n) is 13.1. The summed E-state index contributed by atoms with van der Waals surface area (Å²) in [6, 6.07) is 16.0. The van der Waals surface area contributed by atoms with Crippen LogP contribution >= 0.6 is 0 Å². The van der Waals surface area contributed by atoms with Crippen molar-refractivity contribution in [2.24, 2.45) is 0 Å². The SMILES string of the molecule is c1ccc2c(-c3nc4ccc(Cc5ccnnn5)cc4[nH]3)n[nH]c2c1. The van der Waals surface area contributed by atoms with Crippen molar-refractivity contribution >= 4 is 21.9 Å². The van der Waals surface area contributed by atoms with E-state index in [-0.39, 0.29) is 0 Å². The van der Waals surface area contributed by atoms with Gasteiger partial charge in [-0.2, -0.15) is 5.10 Å². The molecule has 0 aliphatic heterocycles. The van der Waals surface area contributed by atoms with Crippen LogP contribution in [0.1, 0.15) is 11.3 Å². The Kier molecular flexibility index (Phi) is 3.03. The molecule has 0 unspecified atom stereocenters. The lowest BCUT2D eigenvalue weighted by atomic mass is 10.1. The van der Waals surface area contributed by atoms with Crippen molar-refractivity contribution in [1.29, 1.82) is 0 Å². The number of rotatable bonds is 3. The van der Waals surface area contributed by atoms with E-state index in [4.69, 9.17) is 0 Å². The van der Waals surface area contributed by atoms with Crippen molar-refractivity contribution in [3.8, 4) is 11.5 Å². The van der Waals surface area contributed by atoms with Crippen LogP contribution in [0.3, 0.4) is 0 Å². The van der Waals surface area contributed by atoms with Crippen molar-refractivity contribution < 1.29 is 0 Å².